The number of para-hydroxylation sites is 1. The third-order valence-corrected chi connectivity index (χ3v) is 4.42. The van der Waals surface area contributed by atoms with Crippen molar-refractivity contribution >= 4 is 39.4 Å². The molecular formula is C17H12F2N2O4S. The van der Waals surface area contributed by atoms with Crippen molar-refractivity contribution in [1.82, 2.24) is 4.98 Å². The molecule has 26 heavy (non-hydrogen) atoms. The summed E-state index contributed by atoms with van der Waals surface area (Å²) in [6.45, 7) is -2.98. The van der Waals surface area contributed by atoms with Crippen molar-refractivity contribution in [3.8, 4) is 11.5 Å². The molecular weight excluding hydrogens is 366 g/mol. The number of halogens is 2. The van der Waals surface area contributed by atoms with Gasteiger partial charge in [0.1, 0.15) is 5.01 Å². The van der Waals surface area contributed by atoms with Gasteiger partial charge in [-0.2, -0.15) is 8.78 Å². The Balaban J connectivity index is 1.94. The number of methoxy groups -OCH3 is 1. The molecule has 0 unspecified atom stereocenters. The molecule has 3 aromatic rings. The van der Waals surface area contributed by atoms with Crippen LogP contribution in [0, 0.1) is 10.1 Å². The molecule has 0 bridgehead atoms. The molecule has 3 rings (SSSR count). The van der Waals surface area contributed by atoms with Crippen molar-refractivity contribution in [3.63, 3.8) is 0 Å². The van der Waals surface area contributed by atoms with Crippen LogP contribution in [0.25, 0.3) is 22.4 Å². The molecule has 0 amide bonds. The highest BCUT2D eigenvalue weighted by Crippen LogP contribution is 2.34. The topological polar surface area (TPSA) is 74.5 Å². The molecule has 0 spiro atoms. The van der Waals surface area contributed by atoms with Gasteiger partial charge in [0.2, 0.25) is 0 Å². The summed E-state index contributed by atoms with van der Waals surface area (Å²) < 4.78 is 35.6. The normalized spacial score (nSPS) is 11.4. The van der Waals surface area contributed by atoms with Crippen LogP contribution in [0.1, 0.15) is 10.6 Å². The van der Waals surface area contributed by atoms with Gasteiger partial charge in [-0.3, -0.25) is 10.1 Å². The molecule has 0 N–H and O–H groups in total. The van der Waals surface area contributed by atoms with Crippen LogP contribution in [0.3, 0.4) is 0 Å². The fourth-order valence-corrected chi connectivity index (χ4v) is 3.22. The summed E-state index contributed by atoms with van der Waals surface area (Å²) in [6, 6.07) is 9.17. The molecule has 0 aliphatic carbocycles. The Hall–Kier alpha value is -3.07. The Kier molecular flexibility index (Phi) is 5.08. The summed E-state index contributed by atoms with van der Waals surface area (Å²) in [7, 11) is 1.36. The number of alkyl halides is 2. The third-order valence-electron chi connectivity index (χ3n) is 3.44. The van der Waals surface area contributed by atoms with Gasteiger partial charge in [0, 0.05) is 17.7 Å². The first kappa shape index (κ1) is 17.7. The molecule has 0 aliphatic heterocycles. The summed E-state index contributed by atoms with van der Waals surface area (Å²) in [4.78, 5) is 14.7. The number of rotatable bonds is 6. The molecule has 0 fully saturated rings. The van der Waals surface area contributed by atoms with Gasteiger partial charge in [-0.1, -0.05) is 12.1 Å². The zero-order valence-corrected chi connectivity index (χ0v) is 14.2. The smallest absolute Gasteiger partial charge is 0.387 e. The number of benzene rings is 2. The second-order valence-corrected chi connectivity index (χ2v) is 6.11. The standard InChI is InChI=1S/C17H12F2N2O4S/c1-24-13-4-2-3-10(16(13)25-17(18)19)5-8-15-20-12-7-6-11(21(22)23)9-14(12)26-15/h2-9,17H,1H3/b8-5+. The Labute approximate surface area is 150 Å². The van der Waals surface area contributed by atoms with Crippen LogP contribution in [-0.4, -0.2) is 23.6 Å². The highest BCUT2D eigenvalue weighted by Gasteiger charge is 2.14. The van der Waals surface area contributed by atoms with Crippen LogP contribution in [0.2, 0.25) is 0 Å². The summed E-state index contributed by atoms with van der Waals surface area (Å²) >= 11 is 1.26. The number of thiazole rings is 1. The van der Waals surface area contributed by atoms with Crippen LogP contribution < -0.4 is 9.47 Å². The minimum Gasteiger partial charge on any atom is -0.493 e. The van der Waals surface area contributed by atoms with Crippen LogP contribution in [0.4, 0.5) is 14.5 Å². The van der Waals surface area contributed by atoms with E-state index in [1.807, 2.05) is 0 Å². The van der Waals surface area contributed by atoms with Crippen LogP contribution >= 0.6 is 11.3 Å². The molecule has 134 valence electrons. The Morgan fingerprint density at radius 3 is 2.77 bits per heavy atom. The molecule has 6 nitrogen and oxygen atoms in total. The van der Waals surface area contributed by atoms with Gasteiger partial charge in [-0.05, 0) is 24.3 Å². The van der Waals surface area contributed by atoms with Gasteiger partial charge in [0.15, 0.2) is 11.5 Å². The van der Waals surface area contributed by atoms with Gasteiger partial charge in [-0.15, -0.1) is 11.3 Å². The summed E-state index contributed by atoms with van der Waals surface area (Å²) in [6.07, 6.45) is 3.20. The van der Waals surface area contributed by atoms with Gasteiger partial charge in [-0.25, -0.2) is 4.98 Å². The van der Waals surface area contributed by atoms with Crippen LogP contribution in [-0.2, 0) is 0 Å². The number of hydrogen-bond acceptors (Lipinski definition) is 6. The lowest BCUT2D eigenvalue weighted by atomic mass is 10.1. The molecule has 0 atom stereocenters. The lowest BCUT2D eigenvalue weighted by Crippen LogP contribution is -2.04. The van der Waals surface area contributed by atoms with E-state index < -0.39 is 11.5 Å². The predicted octanol–water partition coefficient (Wildman–Crippen LogP) is 4.98. The van der Waals surface area contributed by atoms with Gasteiger partial charge in [0.05, 0.1) is 22.2 Å². The Morgan fingerprint density at radius 1 is 1.27 bits per heavy atom. The Bertz CT molecular complexity index is 988. The number of nitro benzene ring substituents is 1. The van der Waals surface area contributed by atoms with E-state index in [-0.39, 0.29) is 17.2 Å². The van der Waals surface area contributed by atoms with Crippen molar-refractivity contribution in [3.05, 3.63) is 57.1 Å². The Morgan fingerprint density at radius 2 is 2.08 bits per heavy atom. The predicted molar refractivity (Wildman–Crippen MR) is 94.8 cm³/mol. The van der Waals surface area contributed by atoms with Gasteiger partial charge in [0.25, 0.3) is 5.69 Å². The molecule has 2 aromatic carbocycles. The van der Waals surface area contributed by atoms with Crippen molar-refractivity contribution in [1.29, 1.82) is 0 Å². The number of fused-ring (bicyclic) bond motifs is 1. The summed E-state index contributed by atoms with van der Waals surface area (Å²) in [5.41, 5.74) is 1.00. The minimum atomic E-state index is -2.98. The molecule has 9 heteroatoms. The van der Waals surface area contributed by atoms with Crippen molar-refractivity contribution in [2.45, 2.75) is 6.61 Å². The number of non-ortho nitro benzene ring substituents is 1. The lowest BCUT2D eigenvalue weighted by Gasteiger charge is -2.12. The van der Waals surface area contributed by atoms with E-state index in [0.717, 1.165) is 0 Å². The number of aromatic nitrogens is 1. The lowest BCUT2D eigenvalue weighted by molar-refractivity contribution is -0.384. The zero-order chi connectivity index (χ0) is 18.7. The largest absolute Gasteiger partial charge is 0.493 e. The second-order valence-electron chi connectivity index (χ2n) is 5.05. The quantitative estimate of drug-likeness (QED) is 0.446. The highest BCUT2D eigenvalue weighted by molar-refractivity contribution is 7.19. The molecule has 0 saturated carbocycles. The van der Waals surface area contributed by atoms with E-state index in [2.05, 4.69) is 9.72 Å². The van der Waals surface area contributed by atoms with Crippen molar-refractivity contribution in [2.24, 2.45) is 0 Å². The number of hydrogen-bond donors (Lipinski definition) is 0. The first-order valence-corrected chi connectivity index (χ1v) is 8.14. The maximum atomic E-state index is 12.7. The zero-order valence-electron chi connectivity index (χ0n) is 13.4. The highest BCUT2D eigenvalue weighted by atomic mass is 32.1. The SMILES string of the molecule is COc1cccc(/C=C/c2nc3ccc([N+](=O)[O-])cc3s2)c1OC(F)F. The average molecular weight is 378 g/mol. The maximum Gasteiger partial charge on any atom is 0.387 e. The van der Waals surface area contributed by atoms with E-state index in [4.69, 9.17) is 4.74 Å². The minimum absolute atomic E-state index is 0.0166. The average Bonchev–Trinajstić information content (AvgIpc) is 3.02. The summed E-state index contributed by atoms with van der Waals surface area (Å²) in [5.74, 6) is 0.116. The van der Waals surface area contributed by atoms with Gasteiger partial charge >= 0.3 is 6.61 Å². The monoisotopic (exact) mass is 378 g/mol. The number of nitrogens with zero attached hydrogens (tertiary/aromatic N) is 2. The fourth-order valence-electron chi connectivity index (χ4n) is 2.32. The van der Waals surface area contributed by atoms with E-state index in [1.165, 1.54) is 36.6 Å². The van der Waals surface area contributed by atoms with Crippen LogP contribution in [0.15, 0.2) is 36.4 Å². The first-order chi connectivity index (χ1) is 12.5. The van der Waals surface area contributed by atoms with Gasteiger partial charge < -0.3 is 9.47 Å². The van der Waals surface area contributed by atoms with Crippen molar-refractivity contribution in [2.75, 3.05) is 7.11 Å². The van der Waals surface area contributed by atoms with E-state index in [9.17, 15) is 18.9 Å². The molecule has 1 heterocycles. The van der Waals surface area contributed by atoms with E-state index in [1.54, 1.807) is 30.4 Å². The summed E-state index contributed by atoms with van der Waals surface area (Å²) in [5, 5.41) is 11.4. The first-order valence-electron chi connectivity index (χ1n) is 7.33. The third kappa shape index (κ3) is 3.77. The molecule has 0 aliphatic rings. The molecule has 0 radical (unpaired) electrons. The molecule has 1 aromatic heterocycles. The van der Waals surface area contributed by atoms with E-state index in [0.29, 0.717) is 20.8 Å². The maximum absolute atomic E-state index is 12.7. The fraction of sp³-hybridized carbons (Fsp3) is 0.118. The molecule has 0 saturated heterocycles. The number of ether oxygens (including phenoxy) is 2. The van der Waals surface area contributed by atoms with Crippen molar-refractivity contribution < 1.29 is 23.2 Å². The number of nitro groups is 1. The van der Waals surface area contributed by atoms with Crippen LogP contribution in [0.5, 0.6) is 11.5 Å². The van der Waals surface area contributed by atoms with E-state index >= 15 is 0 Å². The second kappa shape index (κ2) is 7.44.